The average molecular weight is 372 g/mol. The maximum Gasteiger partial charge on any atom is 0.303 e. The number of carboxylic acid groups (broad SMARTS) is 1. The molecule has 0 fully saturated rings. The van der Waals surface area contributed by atoms with Crippen molar-refractivity contribution < 1.29 is 19.5 Å². The summed E-state index contributed by atoms with van der Waals surface area (Å²) in [5, 5.41) is 18.6. The molecule has 0 radical (unpaired) electrons. The van der Waals surface area contributed by atoms with Gasteiger partial charge >= 0.3 is 5.97 Å². The molecule has 1 aromatic heterocycles. The number of amides is 2. The maximum absolute atomic E-state index is 12.1. The molecule has 1 aromatic carbocycles. The number of aryl methyl sites for hydroxylation is 1. The van der Waals surface area contributed by atoms with Crippen LogP contribution in [0, 0.1) is 13.8 Å². The van der Waals surface area contributed by atoms with E-state index in [9.17, 15) is 14.4 Å². The Bertz CT molecular complexity index is 840. The number of benzene rings is 1. The number of hydrogen-bond acceptors (Lipinski definition) is 4. The number of carbonyl (C=O) groups excluding carboxylic acids is 2. The van der Waals surface area contributed by atoms with Crippen LogP contribution in [0.25, 0.3) is 5.69 Å². The summed E-state index contributed by atoms with van der Waals surface area (Å²) in [6, 6.07) is 6.96. The zero-order valence-electron chi connectivity index (χ0n) is 15.7. The maximum atomic E-state index is 12.1. The highest BCUT2D eigenvalue weighted by atomic mass is 16.4. The molecule has 1 heterocycles. The van der Waals surface area contributed by atoms with Crippen LogP contribution >= 0.6 is 0 Å². The van der Waals surface area contributed by atoms with E-state index in [1.54, 1.807) is 36.0 Å². The lowest BCUT2D eigenvalue weighted by atomic mass is 10.1. The Balaban J connectivity index is 2.09. The second kappa shape index (κ2) is 8.98. The van der Waals surface area contributed by atoms with Crippen molar-refractivity contribution in [3.8, 4) is 5.69 Å². The number of carboxylic acids is 1. The summed E-state index contributed by atoms with van der Waals surface area (Å²) in [6.45, 7) is 4.02. The second-order valence-corrected chi connectivity index (χ2v) is 6.18. The van der Waals surface area contributed by atoms with Gasteiger partial charge in [-0.15, -0.1) is 0 Å². The minimum Gasteiger partial charge on any atom is -0.481 e. The first-order chi connectivity index (χ1) is 12.8. The quantitative estimate of drug-likeness (QED) is 0.648. The van der Waals surface area contributed by atoms with Crippen LogP contribution in [-0.2, 0) is 16.0 Å². The predicted molar refractivity (Wildman–Crippen MR) is 100 cm³/mol. The minimum atomic E-state index is -0.840. The van der Waals surface area contributed by atoms with Gasteiger partial charge in [0.05, 0.1) is 11.4 Å². The first-order valence-electron chi connectivity index (χ1n) is 8.69. The number of hydrogen-bond donors (Lipinski definition) is 3. The number of rotatable bonds is 8. The highest BCUT2D eigenvalue weighted by molar-refractivity contribution is 5.94. The third-order valence-electron chi connectivity index (χ3n) is 4.32. The molecule has 8 heteroatoms. The Morgan fingerprint density at radius 1 is 1.11 bits per heavy atom. The van der Waals surface area contributed by atoms with E-state index < -0.39 is 5.97 Å². The first-order valence-corrected chi connectivity index (χ1v) is 8.69. The van der Waals surface area contributed by atoms with Crippen LogP contribution in [0.3, 0.4) is 0 Å². The second-order valence-electron chi connectivity index (χ2n) is 6.18. The molecule has 2 amide bonds. The topological polar surface area (TPSA) is 113 Å². The van der Waals surface area contributed by atoms with Crippen molar-refractivity contribution in [3.05, 3.63) is 46.8 Å². The number of nitrogens with zero attached hydrogens (tertiary/aromatic N) is 2. The van der Waals surface area contributed by atoms with E-state index in [0.717, 1.165) is 22.6 Å². The first kappa shape index (κ1) is 20.2. The smallest absolute Gasteiger partial charge is 0.303 e. The van der Waals surface area contributed by atoms with Gasteiger partial charge in [0.2, 0.25) is 5.91 Å². The minimum absolute atomic E-state index is 0.0581. The van der Waals surface area contributed by atoms with Gasteiger partial charge in [-0.2, -0.15) is 5.10 Å². The molecule has 27 heavy (non-hydrogen) atoms. The number of aliphatic carboxylic acids is 1. The van der Waals surface area contributed by atoms with E-state index in [4.69, 9.17) is 5.11 Å². The largest absolute Gasteiger partial charge is 0.481 e. The molecular weight excluding hydrogens is 348 g/mol. The lowest BCUT2D eigenvalue weighted by Crippen LogP contribution is -2.29. The van der Waals surface area contributed by atoms with Gasteiger partial charge in [0.1, 0.15) is 0 Å². The summed E-state index contributed by atoms with van der Waals surface area (Å²) in [5.74, 6) is -1.22. The van der Waals surface area contributed by atoms with Crippen molar-refractivity contribution in [2.24, 2.45) is 0 Å². The Morgan fingerprint density at radius 3 is 2.37 bits per heavy atom. The lowest BCUT2D eigenvalue weighted by Gasteiger charge is -2.08. The fraction of sp³-hybridized carbons (Fsp3) is 0.368. The summed E-state index contributed by atoms with van der Waals surface area (Å²) in [6.07, 6.45) is 0.715. The van der Waals surface area contributed by atoms with Crippen molar-refractivity contribution in [2.45, 2.75) is 33.1 Å². The average Bonchev–Trinajstić information content (AvgIpc) is 2.93. The van der Waals surface area contributed by atoms with Crippen LogP contribution in [0.4, 0.5) is 0 Å². The molecule has 0 saturated carbocycles. The fourth-order valence-electron chi connectivity index (χ4n) is 2.79. The van der Waals surface area contributed by atoms with Crippen LogP contribution in [0.5, 0.6) is 0 Å². The van der Waals surface area contributed by atoms with Gasteiger partial charge in [-0.1, -0.05) is 0 Å². The molecule has 8 nitrogen and oxygen atoms in total. The summed E-state index contributed by atoms with van der Waals surface area (Å²) in [7, 11) is 1.55. The van der Waals surface area contributed by atoms with Crippen molar-refractivity contribution in [3.63, 3.8) is 0 Å². The van der Waals surface area contributed by atoms with Crippen LogP contribution in [0.1, 0.15) is 40.2 Å². The molecule has 0 spiro atoms. The molecule has 0 saturated heterocycles. The molecule has 0 aliphatic rings. The number of carbonyl (C=O) groups is 3. The Hall–Kier alpha value is -3.16. The third kappa shape index (κ3) is 5.16. The molecule has 144 valence electrons. The highest BCUT2D eigenvalue weighted by Gasteiger charge is 2.14. The van der Waals surface area contributed by atoms with E-state index in [1.165, 1.54) is 0 Å². The summed E-state index contributed by atoms with van der Waals surface area (Å²) in [4.78, 5) is 34.1. The SMILES string of the molecule is CNC(=O)CCNC(=O)c1ccc(-n2nc(C)c(CCC(=O)O)c2C)cc1. The molecule has 0 aliphatic heterocycles. The van der Waals surface area contributed by atoms with Gasteiger partial charge in [-0.25, -0.2) is 4.68 Å². The van der Waals surface area contributed by atoms with Gasteiger partial charge in [0, 0.05) is 37.7 Å². The van der Waals surface area contributed by atoms with E-state index in [1.807, 2.05) is 13.8 Å². The number of nitrogens with one attached hydrogen (secondary N) is 2. The molecular formula is C19H24N4O4. The molecule has 2 rings (SSSR count). The van der Waals surface area contributed by atoms with Crippen molar-refractivity contribution in [1.82, 2.24) is 20.4 Å². The van der Waals surface area contributed by atoms with Gasteiger partial charge < -0.3 is 15.7 Å². The Morgan fingerprint density at radius 2 is 1.78 bits per heavy atom. The molecule has 0 unspecified atom stereocenters. The molecule has 2 aromatic rings. The molecule has 0 aliphatic carbocycles. The van der Waals surface area contributed by atoms with Crippen LogP contribution in [0.2, 0.25) is 0 Å². The molecule has 3 N–H and O–H groups in total. The standard InChI is InChI=1S/C19H24N4O4/c1-12-16(8-9-18(25)26)13(2)23(22-12)15-6-4-14(5-7-15)19(27)21-11-10-17(24)20-3/h4-7H,8-11H2,1-3H3,(H,20,24)(H,21,27)(H,25,26). The van der Waals surface area contributed by atoms with Gasteiger partial charge in [-0.05, 0) is 50.1 Å². The third-order valence-corrected chi connectivity index (χ3v) is 4.32. The van der Waals surface area contributed by atoms with Gasteiger partial charge in [0.15, 0.2) is 0 Å². The van der Waals surface area contributed by atoms with Crippen molar-refractivity contribution in [2.75, 3.05) is 13.6 Å². The van der Waals surface area contributed by atoms with E-state index >= 15 is 0 Å². The van der Waals surface area contributed by atoms with E-state index in [0.29, 0.717) is 12.0 Å². The van der Waals surface area contributed by atoms with Crippen molar-refractivity contribution in [1.29, 1.82) is 0 Å². The van der Waals surface area contributed by atoms with Crippen LogP contribution < -0.4 is 10.6 Å². The predicted octanol–water partition coefficient (Wildman–Crippen LogP) is 1.37. The van der Waals surface area contributed by atoms with E-state index in [-0.39, 0.29) is 31.2 Å². The zero-order chi connectivity index (χ0) is 20.0. The summed E-state index contributed by atoms with van der Waals surface area (Å²) >= 11 is 0. The lowest BCUT2D eigenvalue weighted by molar-refractivity contribution is -0.137. The number of aromatic nitrogens is 2. The molecule has 0 bridgehead atoms. The van der Waals surface area contributed by atoms with Crippen molar-refractivity contribution >= 4 is 17.8 Å². The highest BCUT2D eigenvalue weighted by Crippen LogP contribution is 2.19. The summed E-state index contributed by atoms with van der Waals surface area (Å²) < 4.78 is 1.75. The molecule has 0 atom stereocenters. The Labute approximate surface area is 157 Å². The monoisotopic (exact) mass is 372 g/mol. The van der Waals surface area contributed by atoms with Crippen LogP contribution in [-0.4, -0.2) is 46.3 Å². The Kier molecular flexibility index (Phi) is 6.70. The van der Waals surface area contributed by atoms with Gasteiger partial charge in [-0.3, -0.25) is 14.4 Å². The van der Waals surface area contributed by atoms with Gasteiger partial charge in [0.25, 0.3) is 5.91 Å². The zero-order valence-corrected chi connectivity index (χ0v) is 15.7. The summed E-state index contributed by atoms with van der Waals surface area (Å²) in [5.41, 5.74) is 3.89. The van der Waals surface area contributed by atoms with E-state index in [2.05, 4.69) is 15.7 Å². The van der Waals surface area contributed by atoms with Crippen LogP contribution in [0.15, 0.2) is 24.3 Å². The fourth-order valence-corrected chi connectivity index (χ4v) is 2.79. The normalized spacial score (nSPS) is 10.5.